The number of halogens is 3. The second kappa shape index (κ2) is 5.91. The van der Waals surface area contributed by atoms with Gasteiger partial charge in [-0.15, -0.1) is 0 Å². The lowest BCUT2D eigenvalue weighted by atomic mass is 9.80. The van der Waals surface area contributed by atoms with Crippen LogP contribution in [0.25, 0.3) is 0 Å². The van der Waals surface area contributed by atoms with Gasteiger partial charge in [0.25, 0.3) is 0 Å². The second-order valence-corrected chi connectivity index (χ2v) is 5.28. The molecule has 1 amide bonds. The molecule has 0 bridgehead atoms. The van der Waals surface area contributed by atoms with Gasteiger partial charge in [0.2, 0.25) is 5.91 Å². The Kier molecular flexibility index (Phi) is 5.01. The van der Waals surface area contributed by atoms with Crippen LogP contribution in [0.2, 0.25) is 0 Å². The Hall–Kier alpha value is -0.780. The minimum Gasteiger partial charge on any atom is -0.345 e. The van der Waals surface area contributed by atoms with E-state index in [1.807, 2.05) is 0 Å². The molecule has 18 heavy (non-hydrogen) atoms. The van der Waals surface area contributed by atoms with E-state index in [-0.39, 0.29) is 18.9 Å². The van der Waals surface area contributed by atoms with Crippen molar-refractivity contribution >= 4 is 5.91 Å². The van der Waals surface area contributed by atoms with Crippen molar-refractivity contribution in [1.82, 2.24) is 4.90 Å². The number of nitrogens with zero attached hydrogens (tertiary/aromatic N) is 1. The van der Waals surface area contributed by atoms with Gasteiger partial charge in [-0.25, -0.2) is 0 Å². The fraction of sp³-hybridized carbons (Fsp3) is 0.917. The van der Waals surface area contributed by atoms with Gasteiger partial charge in [-0.3, -0.25) is 4.79 Å². The van der Waals surface area contributed by atoms with Gasteiger partial charge in [0.1, 0.15) is 0 Å². The molecule has 1 aliphatic carbocycles. The zero-order valence-corrected chi connectivity index (χ0v) is 10.7. The predicted octanol–water partition coefficient (Wildman–Crippen LogP) is 2.45. The number of carbonyl (C=O) groups excluding carboxylic acids is 1. The molecule has 1 saturated carbocycles. The van der Waals surface area contributed by atoms with E-state index in [1.54, 1.807) is 0 Å². The SMILES string of the molecule is CN(CCC(F)(F)F)C(=O)CC1(N)CCCCC1. The summed E-state index contributed by atoms with van der Waals surface area (Å²) in [6, 6.07) is 0. The van der Waals surface area contributed by atoms with Crippen LogP contribution < -0.4 is 5.73 Å². The molecule has 0 unspecified atom stereocenters. The van der Waals surface area contributed by atoms with Crippen LogP contribution >= 0.6 is 0 Å². The topological polar surface area (TPSA) is 46.3 Å². The van der Waals surface area contributed by atoms with Crippen molar-refractivity contribution in [2.45, 2.75) is 56.7 Å². The number of rotatable bonds is 4. The molecule has 0 heterocycles. The Bertz CT molecular complexity index is 286. The van der Waals surface area contributed by atoms with Crippen LogP contribution in [0.4, 0.5) is 13.2 Å². The van der Waals surface area contributed by atoms with Gasteiger partial charge in [-0.05, 0) is 12.8 Å². The fourth-order valence-electron chi connectivity index (χ4n) is 2.29. The quantitative estimate of drug-likeness (QED) is 0.849. The number of nitrogens with two attached hydrogens (primary N) is 1. The summed E-state index contributed by atoms with van der Waals surface area (Å²) in [6.07, 6.45) is -0.352. The first kappa shape index (κ1) is 15.3. The highest BCUT2D eigenvalue weighted by Gasteiger charge is 2.32. The largest absolute Gasteiger partial charge is 0.390 e. The summed E-state index contributed by atoms with van der Waals surface area (Å²) in [7, 11) is 1.40. The molecular formula is C12H21F3N2O. The van der Waals surface area contributed by atoms with Crippen molar-refractivity contribution in [2.75, 3.05) is 13.6 Å². The highest BCUT2D eigenvalue weighted by molar-refractivity contribution is 5.77. The van der Waals surface area contributed by atoms with Gasteiger partial charge in [-0.1, -0.05) is 19.3 Å². The van der Waals surface area contributed by atoms with E-state index in [2.05, 4.69) is 0 Å². The summed E-state index contributed by atoms with van der Waals surface area (Å²) < 4.78 is 36.2. The van der Waals surface area contributed by atoms with Crippen molar-refractivity contribution in [3.63, 3.8) is 0 Å². The molecular weight excluding hydrogens is 245 g/mol. The Balaban J connectivity index is 2.39. The summed E-state index contributed by atoms with van der Waals surface area (Å²) in [5, 5.41) is 0. The molecule has 0 aromatic rings. The fourth-order valence-corrected chi connectivity index (χ4v) is 2.29. The van der Waals surface area contributed by atoms with Gasteiger partial charge >= 0.3 is 6.18 Å². The van der Waals surface area contributed by atoms with Crippen molar-refractivity contribution < 1.29 is 18.0 Å². The Morgan fingerprint density at radius 1 is 1.28 bits per heavy atom. The molecule has 6 heteroatoms. The standard InChI is InChI=1S/C12H21F3N2O/c1-17(8-7-12(13,14)15)10(18)9-11(16)5-3-2-4-6-11/h2-9,16H2,1H3. The molecule has 1 fully saturated rings. The smallest absolute Gasteiger partial charge is 0.345 e. The molecule has 0 radical (unpaired) electrons. The van der Waals surface area contributed by atoms with E-state index in [1.165, 1.54) is 7.05 Å². The second-order valence-electron chi connectivity index (χ2n) is 5.28. The number of alkyl halides is 3. The van der Waals surface area contributed by atoms with E-state index in [0.29, 0.717) is 0 Å². The minimum atomic E-state index is -4.22. The molecule has 2 N–H and O–H groups in total. The maximum absolute atomic E-state index is 12.1. The lowest BCUT2D eigenvalue weighted by Gasteiger charge is -2.34. The third-order valence-electron chi connectivity index (χ3n) is 3.51. The normalized spacial score (nSPS) is 19.6. The van der Waals surface area contributed by atoms with Gasteiger partial charge in [0, 0.05) is 25.6 Å². The van der Waals surface area contributed by atoms with E-state index in [4.69, 9.17) is 5.73 Å². The van der Waals surface area contributed by atoms with Crippen molar-refractivity contribution in [2.24, 2.45) is 5.73 Å². The third kappa shape index (κ3) is 5.25. The number of hydrogen-bond donors (Lipinski definition) is 1. The molecule has 0 aromatic heterocycles. The first-order valence-corrected chi connectivity index (χ1v) is 6.31. The molecule has 106 valence electrons. The van der Waals surface area contributed by atoms with Crippen LogP contribution in [0.5, 0.6) is 0 Å². The van der Waals surface area contributed by atoms with Gasteiger partial charge in [-0.2, -0.15) is 13.2 Å². The van der Waals surface area contributed by atoms with Gasteiger partial charge in [0.15, 0.2) is 0 Å². The maximum atomic E-state index is 12.1. The van der Waals surface area contributed by atoms with Gasteiger partial charge < -0.3 is 10.6 Å². The van der Waals surface area contributed by atoms with Crippen LogP contribution in [0.3, 0.4) is 0 Å². The summed E-state index contributed by atoms with van der Waals surface area (Å²) in [5.74, 6) is -0.288. The molecule has 0 aliphatic heterocycles. The van der Waals surface area contributed by atoms with Gasteiger partial charge in [0.05, 0.1) is 6.42 Å². The lowest BCUT2D eigenvalue weighted by Crippen LogP contribution is -2.46. The average molecular weight is 266 g/mol. The maximum Gasteiger partial charge on any atom is 0.390 e. The Labute approximate surface area is 106 Å². The Morgan fingerprint density at radius 3 is 2.33 bits per heavy atom. The van der Waals surface area contributed by atoms with E-state index < -0.39 is 18.1 Å². The number of hydrogen-bond acceptors (Lipinski definition) is 2. The van der Waals surface area contributed by atoms with Crippen LogP contribution in [0.1, 0.15) is 44.9 Å². The highest BCUT2D eigenvalue weighted by Crippen LogP contribution is 2.29. The molecule has 1 aliphatic rings. The molecule has 0 atom stereocenters. The van der Waals surface area contributed by atoms with Crippen LogP contribution in [0, 0.1) is 0 Å². The van der Waals surface area contributed by atoms with Crippen molar-refractivity contribution in [1.29, 1.82) is 0 Å². The summed E-state index contributed by atoms with van der Waals surface area (Å²) in [4.78, 5) is 12.9. The Morgan fingerprint density at radius 2 is 1.83 bits per heavy atom. The molecule has 0 saturated heterocycles. The lowest BCUT2D eigenvalue weighted by molar-refractivity contribution is -0.144. The molecule has 3 nitrogen and oxygen atoms in total. The molecule has 1 rings (SSSR count). The van der Waals surface area contributed by atoms with E-state index in [0.717, 1.165) is 37.0 Å². The first-order chi connectivity index (χ1) is 8.22. The summed E-state index contributed by atoms with van der Waals surface area (Å²) in [5.41, 5.74) is 5.60. The monoisotopic (exact) mass is 266 g/mol. The number of carbonyl (C=O) groups is 1. The van der Waals surface area contributed by atoms with Crippen molar-refractivity contribution in [3.8, 4) is 0 Å². The zero-order chi connectivity index (χ0) is 13.8. The minimum absolute atomic E-state index is 0.154. The summed E-state index contributed by atoms with van der Waals surface area (Å²) in [6.45, 7) is -0.293. The highest BCUT2D eigenvalue weighted by atomic mass is 19.4. The van der Waals surface area contributed by atoms with Crippen molar-refractivity contribution in [3.05, 3.63) is 0 Å². The number of amides is 1. The van der Waals surface area contributed by atoms with E-state index >= 15 is 0 Å². The molecule has 0 aromatic carbocycles. The zero-order valence-electron chi connectivity index (χ0n) is 10.7. The average Bonchev–Trinajstić information content (AvgIpc) is 2.25. The van der Waals surface area contributed by atoms with Crippen LogP contribution in [0.15, 0.2) is 0 Å². The van der Waals surface area contributed by atoms with Crippen LogP contribution in [-0.2, 0) is 4.79 Å². The summed E-state index contributed by atoms with van der Waals surface area (Å²) >= 11 is 0. The van der Waals surface area contributed by atoms with E-state index in [9.17, 15) is 18.0 Å². The first-order valence-electron chi connectivity index (χ1n) is 6.31. The van der Waals surface area contributed by atoms with Crippen LogP contribution in [-0.4, -0.2) is 36.1 Å². The molecule has 0 spiro atoms. The predicted molar refractivity (Wildman–Crippen MR) is 62.9 cm³/mol. The third-order valence-corrected chi connectivity index (χ3v) is 3.51.